The van der Waals surface area contributed by atoms with Crippen molar-refractivity contribution >= 4 is 17.8 Å². The fraction of sp³-hybridized carbons (Fsp3) is 0.700. The normalized spacial score (nSPS) is 22.9. The molecule has 2 atom stereocenters. The molecule has 1 saturated heterocycles. The van der Waals surface area contributed by atoms with Gasteiger partial charge in [-0.25, -0.2) is 0 Å². The van der Waals surface area contributed by atoms with E-state index in [4.69, 9.17) is 10.5 Å². The van der Waals surface area contributed by atoms with E-state index in [1.807, 2.05) is 0 Å². The van der Waals surface area contributed by atoms with Crippen LogP contribution >= 0.6 is 0 Å². The molecule has 16 heavy (non-hydrogen) atoms. The zero-order valence-electron chi connectivity index (χ0n) is 9.57. The summed E-state index contributed by atoms with van der Waals surface area (Å²) in [6, 6.07) is -1.09. The lowest BCUT2D eigenvalue weighted by atomic mass is 9.99. The molecule has 1 aliphatic heterocycles. The van der Waals surface area contributed by atoms with Crippen LogP contribution in [0, 0.1) is 5.92 Å². The molecular formula is C10H16N2O4. The minimum atomic E-state index is -1.09. The maximum Gasteiger partial charge on any atom is 0.324 e. The van der Waals surface area contributed by atoms with Crippen molar-refractivity contribution in [2.45, 2.75) is 38.8 Å². The lowest BCUT2D eigenvalue weighted by Crippen LogP contribution is -2.45. The lowest BCUT2D eigenvalue weighted by molar-refractivity contribution is -0.158. The van der Waals surface area contributed by atoms with Gasteiger partial charge in [-0.2, -0.15) is 0 Å². The number of hydrogen-bond donors (Lipinski definition) is 2. The maximum absolute atomic E-state index is 11.6. The third kappa shape index (κ3) is 3.03. The number of nitrogens with one attached hydrogen (secondary N) is 1. The van der Waals surface area contributed by atoms with E-state index in [0.717, 1.165) is 0 Å². The molecule has 6 nitrogen and oxygen atoms in total. The van der Waals surface area contributed by atoms with Crippen LogP contribution < -0.4 is 11.1 Å². The molecule has 0 spiro atoms. The molecule has 0 aromatic rings. The number of carbonyl (C=O) groups excluding carboxylic acids is 3. The Morgan fingerprint density at radius 2 is 2.06 bits per heavy atom. The summed E-state index contributed by atoms with van der Waals surface area (Å²) in [5, 5.41) is 2.10. The highest BCUT2D eigenvalue weighted by Gasteiger charge is 2.40. The van der Waals surface area contributed by atoms with Gasteiger partial charge < -0.3 is 10.5 Å². The van der Waals surface area contributed by atoms with Crippen molar-refractivity contribution in [2.75, 3.05) is 0 Å². The standard InChI is InChI=1S/C10H16N2O4/c1-10(2,3)16-9(15)7(11)5-4-6(13)12-8(5)14/h5,7H,4,11H2,1-3H3,(H,12,13,14). The van der Waals surface area contributed by atoms with Crippen LogP contribution in [0.1, 0.15) is 27.2 Å². The van der Waals surface area contributed by atoms with Crippen molar-refractivity contribution in [2.24, 2.45) is 11.7 Å². The third-order valence-corrected chi connectivity index (χ3v) is 2.12. The predicted molar refractivity (Wildman–Crippen MR) is 55.1 cm³/mol. The van der Waals surface area contributed by atoms with Gasteiger partial charge in [-0.15, -0.1) is 0 Å². The smallest absolute Gasteiger partial charge is 0.324 e. The van der Waals surface area contributed by atoms with E-state index < -0.39 is 35.3 Å². The lowest BCUT2D eigenvalue weighted by Gasteiger charge is -2.23. The van der Waals surface area contributed by atoms with Gasteiger partial charge in [-0.1, -0.05) is 0 Å². The quantitative estimate of drug-likeness (QED) is 0.482. The minimum absolute atomic E-state index is 0.0563. The molecule has 6 heteroatoms. The molecule has 3 N–H and O–H groups in total. The fourth-order valence-electron chi connectivity index (χ4n) is 1.40. The van der Waals surface area contributed by atoms with E-state index >= 15 is 0 Å². The van der Waals surface area contributed by atoms with Gasteiger partial charge in [0, 0.05) is 6.42 Å². The number of nitrogens with two attached hydrogens (primary N) is 1. The van der Waals surface area contributed by atoms with Crippen LogP contribution in [0.5, 0.6) is 0 Å². The molecule has 0 aromatic heterocycles. The van der Waals surface area contributed by atoms with Crippen LogP contribution in [-0.4, -0.2) is 29.4 Å². The van der Waals surface area contributed by atoms with Gasteiger partial charge in [0.05, 0.1) is 5.92 Å². The molecular weight excluding hydrogens is 212 g/mol. The number of amides is 2. The summed E-state index contributed by atoms with van der Waals surface area (Å²) < 4.78 is 5.04. The number of rotatable bonds is 2. The van der Waals surface area contributed by atoms with E-state index in [-0.39, 0.29) is 6.42 Å². The second-order valence-electron chi connectivity index (χ2n) is 4.78. The van der Waals surface area contributed by atoms with Gasteiger partial charge in [0.15, 0.2) is 0 Å². The summed E-state index contributed by atoms with van der Waals surface area (Å²) in [6.45, 7) is 5.12. The molecule has 1 rings (SSSR count). The monoisotopic (exact) mass is 228 g/mol. The molecule has 1 heterocycles. The second-order valence-corrected chi connectivity index (χ2v) is 4.78. The highest BCUT2D eigenvalue weighted by molar-refractivity contribution is 6.05. The van der Waals surface area contributed by atoms with E-state index in [1.54, 1.807) is 20.8 Å². The van der Waals surface area contributed by atoms with Crippen molar-refractivity contribution < 1.29 is 19.1 Å². The first-order valence-corrected chi connectivity index (χ1v) is 5.03. The molecule has 0 bridgehead atoms. The maximum atomic E-state index is 11.6. The minimum Gasteiger partial charge on any atom is -0.459 e. The van der Waals surface area contributed by atoms with Gasteiger partial charge in [-0.3, -0.25) is 19.7 Å². The van der Waals surface area contributed by atoms with Crippen LogP contribution in [0.2, 0.25) is 0 Å². The van der Waals surface area contributed by atoms with Gasteiger partial charge in [0.2, 0.25) is 11.8 Å². The van der Waals surface area contributed by atoms with Crippen molar-refractivity contribution in [1.29, 1.82) is 0 Å². The molecule has 0 aliphatic carbocycles. The number of esters is 1. The number of hydrogen-bond acceptors (Lipinski definition) is 5. The molecule has 1 aliphatic rings. The first kappa shape index (κ1) is 12.6. The summed E-state index contributed by atoms with van der Waals surface area (Å²) in [6.07, 6.45) is -0.0563. The molecule has 1 fully saturated rings. The molecule has 2 amide bonds. The first-order chi connectivity index (χ1) is 7.20. The van der Waals surface area contributed by atoms with Gasteiger partial charge >= 0.3 is 5.97 Å². The van der Waals surface area contributed by atoms with Gasteiger partial charge in [-0.05, 0) is 20.8 Å². The van der Waals surface area contributed by atoms with Crippen molar-refractivity contribution in [3.8, 4) is 0 Å². The van der Waals surface area contributed by atoms with Crippen molar-refractivity contribution in [1.82, 2.24) is 5.32 Å². The van der Waals surface area contributed by atoms with Gasteiger partial charge in [0.1, 0.15) is 11.6 Å². The fourth-order valence-corrected chi connectivity index (χ4v) is 1.40. The predicted octanol–water partition coefficient (Wildman–Crippen LogP) is -0.682. The summed E-state index contributed by atoms with van der Waals surface area (Å²) >= 11 is 0. The average Bonchev–Trinajstić information content (AvgIpc) is 2.41. The van der Waals surface area contributed by atoms with Crippen LogP contribution in [0.3, 0.4) is 0 Å². The average molecular weight is 228 g/mol. The Morgan fingerprint density at radius 1 is 1.50 bits per heavy atom. The zero-order valence-corrected chi connectivity index (χ0v) is 9.57. The van der Waals surface area contributed by atoms with Crippen molar-refractivity contribution in [3.05, 3.63) is 0 Å². The first-order valence-electron chi connectivity index (χ1n) is 5.03. The van der Waals surface area contributed by atoms with Crippen LogP contribution in [0.4, 0.5) is 0 Å². The number of imide groups is 1. The van der Waals surface area contributed by atoms with E-state index in [9.17, 15) is 14.4 Å². The van der Waals surface area contributed by atoms with Crippen LogP contribution in [-0.2, 0) is 19.1 Å². The Balaban J connectivity index is 2.64. The molecule has 90 valence electrons. The Bertz CT molecular complexity index is 332. The zero-order chi connectivity index (χ0) is 12.5. The molecule has 2 unspecified atom stereocenters. The van der Waals surface area contributed by atoms with E-state index in [1.165, 1.54) is 0 Å². The Morgan fingerprint density at radius 3 is 2.44 bits per heavy atom. The molecule has 0 aromatic carbocycles. The second kappa shape index (κ2) is 4.21. The number of ether oxygens (including phenoxy) is 1. The molecule has 0 radical (unpaired) electrons. The van der Waals surface area contributed by atoms with Crippen LogP contribution in [0.15, 0.2) is 0 Å². The summed E-state index contributed by atoms with van der Waals surface area (Å²) in [7, 11) is 0. The largest absolute Gasteiger partial charge is 0.459 e. The summed E-state index contributed by atoms with van der Waals surface area (Å²) in [5.74, 6) is -2.40. The Labute approximate surface area is 93.5 Å². The highest BCUT2D eigenvalue weighted by atomic mass is 16.6. The molecule has 0 saturated carbocycles. The summed E-state index contributed by atoms with van der Waals surface area (Å²) in [5.41, 5.74) is 4.94. The Hall–Kier alpha value is -1.43. The van der Waals surface area contributed by atoms with Crippen LogP contribution in [0.25, 0.3) is 0 Å². The van der Waals surface area contributed by atoms with E-state index in [0.29, 0.717) is 0 Å². The SMILES string of the molecule is CC(C)(C)OC(=O)C(N)C1CC(=O)NC1=O. The Kier molecular flexibility index (Phi) is 3.32. The van der Waals surface area contributed by atoms with Gasteiger partial charge in [0.25, 0.3) is 0 Å². The topological polar surface area (TPSA) is 98.5 Å². The third-order valence-electron chi connectivity index (χ3n) is 2.12. The highest BCUT2D eigenvalue weighted by Crippen LogP contribution is 2.17. The summed E-state index contributed by atoms with van der Waals surface area (Å²) in [4.78, 5) is 33.8. The van der Waals surface area contributed by atoms with Crippen molar-refractivity contribution in [3.63, 3.8) is 0 Å². The van der Waals surface area contributed by atoms with E-state index in [2.05, 4.69) is 5.32 Å². The number of carbonyl (C=O) groups is 3.